The summed E-state index contributed by atoms with van der Waals surface area (Å²) in [7, 11) is 0. The summed E-state index contributed by atoms with van der Waals surface area (Å²) in [5.41, 5.74) is 1.87. The number of H-pyrrole nitrogens is 1. The fourth-order valence-corrected chi connectivity index (χ4v) is 2.65. The van der Waals surface area contributed by atoms with Gasteiger partial charge in [-0.15, -0.1) is 0 Å². The number of benzene rings is 1. The van der Waals surface area contributed by atoms with Crippen LogP contribution in [0.5, 0.6) is 0 Å². The summed E-state index contributed by atoms with van der Waals surface area (Å²) in [5, 5.41) is 1.06. The topological polar surface area (TPSA) is 41.8 Å². The number of aryl methyl sites for hydroxylation is 1. The number of aromatic amines is 1. The Balaban J connectivity index is 2.21. The predicted octanol–water partition coefficient (Wildman–Crippen LogP) is 4.88. The van der Waals surface area contributed by atoms with Gasteiger partial charge in [0, 0.05) is 11.1 Å². The number of aromatic nitrogens is 2. The van der Waals surface area contributed by atoms with Crippen molar-refractivity contribution in [1.29, 1.82) is 0 Å². The fraction of sp³-hybridized carbons (Fsp3) is 0.143. The van der Waals surface area contributed by atoms with Gasteiger partial charge in [-0.25, -0.2) is 4.98 Å². The maximum absolute atomic E-state index is 5.79. The van der Waals surface area contributed by atoms with E-state index in [4.69, 9.17) is 16.6 Å². The fourth-order valence-electron chi connectivity index (χ4n) is 1.96. The van der Waals surface area contributed by atoms with Crippen molar-refractivity contribution in [3.63, 3.8) is 0 Å². The lowest BCUT2D eigenvalue weighted by Gasteiger charge is -2.04. The van der Waals surface area contributed by atoms with Gasteiger partial charge in [-0.3, -0.25) is 0 Å². The Morgan fingerprint density at radius 2 is 2.16 bits per heavy atom. The van der Waals surface area contributed by atoms with Crippen LogP contribution in [0.15, 0.2) is 39.2 Å². The first kappa shape index (κ1) is 12.6. The summed E-state index contributed by atoms with van der Waals surface area (Å²) in [6.45, 7) is 2.06. The number of rotatable bonds is 2. The van der Waals surface area contributed by atoms with Crippen LogP contribution in [0.3, 0.4) is 0 Å². The highest BCUT2D eigenvalue weighted by Crippen LogP contribution is 2.27. The molecule has 0 atom stereocenters. The van der Waals surface area contributed by atoms with E-state index in [1.807, 2.05) is 30.3 Å². The zero-order chi connectivity index (χ0) is 13.4. The summed E-state index contributed by atoms with van der Waals surface area (Å²) < 4.78 is 7.19. The molecule has 3 rings (SSSR count). The van der Waals surface area contributed by atoms with Crippen molar-refractivity contribution < 1.29 is 4.42 Å². The van der Waals surface area contributed by atoms with Gasteiger partial charge in [0.15, 0.2) is 11.6 Å². The Morgan fingerprint density at radius 3 is 2.89 bits per heavy atom. The number of halogens is 1. The minimum atomic E-state index is 0.547. The van der Waals surface area contributed by atoms with Gasteiger partial charge < -0.3 is 9.40 Å². The van der Waals surface area contributed by atoms with Gasteiger partial charge in [-0.1, -0.05) is 37.3 Å². The molecule has 0 aliphatic heterocycles. The predicted molar refractivity (Wildman–Crippen MR) is 81.7 cm³/mol. The monoisotopic (exact) mass is 334 g/mol. The van der Waals surface area contributed by atoms with Gasteiger partial charge in [0.25, 0.3) is 0 Å². The maximum atomic E-state index is 5.79. The molecule has 0 saturated carbocycles. The van der Waals surface area contributed by atoms with Crippen molar-refractivity contribution in [1.82, 2.24) is 9.97 Å². The van der Waals surface area contributed by atoms with Crippen molar-refractivity contribution in [3.8, 4) is 11.6 Å². The molecule has 1 N–H and O–H groups in total. The van der Waals surface area contributed by atoms with Crippen LogP contribution in [0.4, 0.5) is 0 Å². The summed E-state index contributed by atoms with van der Waals surface area (Å²) >= 11 is 8.71. The molecule has 1 aromatic carbocycles. The standard InChI is InChI=1S/C14H11BrN2OS/c1-2-9-12(15)14(19)17-13(16-9)11-7-8-5-3-4-6-10(8)18-11/h3-7H,2H2,1H3,(H,16,17,19). The largest absolute Gasteiger partial charge is 0.453 e. The zero-order valence-corrected chi connectivity index (χ0v) is 12.6. The minimum absolute atomic E-state index is 0.547. The van der Waals surface area contributed by atoms with E-state index >= 15 is 0 Å². The van der Waals surface area contributed by atoms with Crippen LogP contribution in [0.1, 0.15) is 12.6 Å². The van der Waals surface area contributed by atoms with Crippen molar-refractivity contribution in [3.05, 3.63) is 45.1 Å². The van der Waals surface area contributed by atoms with Crippen LogP contribution in [0.25, 0.3) is 22.6 Å². The van der Waals surface area contributed by atoms with E-state index in [0.29, 0.717) is 16.2 Å². The van der Waals surface area contributed by atoms with Gasteiger partial charge in [0.2, 0.25) is 0 Å². The quantitative estimate of drug-likeness (QED) is 0.679. The molecule has 0 fully saturated rings. The number of hydrogen-bond donors (Lipinski definition) is 1. The Morgan fingerprint density at radius 1 is 1.37 bits per heavy atom. The van der Waals surface area contributed by atoms with Gasteiger partial charge in [0.1, 0.15) is 10.2 Å². The van der Waals surface area contributed by atoms with Crippen molar-refractivity contribution in [2.24, 2.45) is 0 Å². The molecule has 0 saturated heterocycles. The van der Waals surface area contributed by atoms with Crippen LogP contribution in [0, 0.1) is 4.64 Å². The second-order valence-corrected chi connectivity index (χ2v) is 5.36. The normalized spacial score (nSPS) is 11.1. The summed E-state index contributed by atoms with van der Waals surface area (Å²) in [4.78, 5) is 7.63. The molecular weight excluding hydrogens is 324 g/mol. The number of furan rings is 1. The van der Waals surface area contributed by atoms with E-state index < -0.39 is 0 Å². The Hall–Kier alpha value is -1.46. The SMILES string of the molecule is CCc1[nH]c(-c2cc3ccccc3o2)nc(=S)c1Br. The number of hydrogen-bond acceptors (Lipinski definition) is 3. The van der Waals surface area contributed by atoms with E-state index in [0.717, 1.165) is 27.6 Å². The van der Waals surface area contributed by atoms with Gasteiger partial charge >= 0.3 is 0 Å². The van der Waals surface area contributed by atoms with Crippen LogP contribution < -0.4 is 0 Å². The summed E-state index contributed by atoms with van der Waals surface area (Å²) in [6.07, 6.45) is 0.847. The average molecular weight is 335 g/mol. The van der Waals surface area contributed by atoms with Gasteiger partial charge in [-0.05, 0) is 34.5 Å². The zero-order valence-electron chi connectivity index (χ0n) is 10.2. The van der Waals surface area contributed by atoms with E-state index in [1.165, 1.54) is 0 Å². The number of fused-ring (bicyclic) bond motifs is 1. The van der Waals surface area contributed by atoms with Crippen molar-refractivity contribution in [2.75, 3.05) is 0 Å². The third kappa shape index (κ3) is 2.24. The molecule has 3 nitrogen and oxygen atoms in total. The molecule has 0 aliphatic rings. The number of para-hydroxylation sites is 1. The highest BCUT2D eigenvalue weighted by Gasteiger charge is 2.11. The second-order valence-electron chi connectivity index (χ2n) is 4.19. The first-order chi connectivity index (χ1) is 9.19. The van der Waals surface area contributed by atoms with Crippen LogP contribution in [-0.4, -0.2) is 9.97 Å². The van der Waals surface area contributed by atoms with Gasteiger partial charge in [0.05, 0.1) is 4.47 Å². The molecule has 0 bridgehead atoms. The summed E-state index contributed by atoms with van der Waals surface area (Å²) in [6, 6.07) is 9.85. The van der Waals surface area contributed by atoms with E-state index in [-0.39, 0.29) is 0 Å². The average Bonchev–Trinajstić information content (AvgIpc) is 2.85. The lowest BCUT2D eigenvalue weighted by molar-refractivity contribution is 0.624. The Kier molecular flexibility index (Phi) is 3.24. The molecule has 5 heteroatoms. The van der Waals surface area contributed by atoms with Crippen molar-refractivity contribution in [2.45, 2.75) is 13.3 Å². The third-order valence-electron chi connectivity index (χ3n) is 2.95. The Bertz CT molecular complexity index is 774. The molecule has 3 aromatic rings. The molecule has 2 heterocycles. The summed E-state index contributed by atoms with van der Waals surface area (Å²) in [5.74, 6) is 1.37. The number of nitrogens with one attached hydrogen (secondary N) is 1. The molecule has 0 unspecified atom stereocenters. The lowest BCUT2D eigenvalue weighted by Crippen LogP contribution is -1.96. The van der Waals surface area contributed by atoms with Crippen LogP contribution in [0.2, 0.25) is 0 Å². The van der Waals surface area contributed by atoms with Crippen LogP contribution >= 0.6 is 28.1 Å². The van der Waals surface area contributed by atoms with Gasteiger partial charge in [-0.2, -0.15) is 0 Å². The molecule has 0 spiro atoms. The highest BCUT2D eigenvalue weighted by atomic mass is 79.9. The van der Waals surface area contributed by atoms with E-state index in [2.05, 4.69) is 32.8 Å². The van der Waals surface area contributed by atoms with E-state index in [9.17, 15) is 0 Å². The molecular formula is C14H11BrN2OS. The molecule has 0 radical (unpaired) electrons. The minimum Gasteiger partial charge on any atom is -0.453 e. The molecule has 2 aromatic heterocycles. The lowest BCUT2D eigenvalue weighted by atomic mass is 10.2. The smallest absolute Gasteiger partial charge is 0.175 e. The number of nitrogens with zero attached hydrogens (tertiary/aromatic N) is 1. The first-order valence-electron chi connectivity index (χ1n) is 5.96. The third-order valence-corrected chi connectivity index (χ3v) is 4.36. The second kappa shape index (κ2) is 4.90. The molecule has 0 aliphatic carbocycles. The molecule has 0 amide bonds. The Labute approximate surface area is 123 Å². The van der Waals surface area contributed by atoms with E-state index in [1.54, 1.807) is 0 Å². The highest BCUT2D eigenvalue weighted by molar-refractivity contribution is 9.10. The molecule has 96 valence electrons. The maximum Gasteiger partial charge on any atom is 0.175 e. The van der Waals surface area contributed by atoms with Crippen LogP contribution in [-0.2, 0) is 6.42 Å². The van der Waals surface area contributed by atoms with Crippen molar-refractivity contribution >= 4 is 39.1 Å². The first-order valence-corrected chi connectivity index (χ1v) is 7.17. The molecule has 19 heavy (non-hydrogen) atoms.